The fraction of sp³-hybridized carbons (Fsp3) is 0.278. The molecule has 3 amide bonds. The van der Waals surface area contributed by atoms with Crippen molar-refractivity contribution in [3.63, 3.8) is 0 Å². The van der Waals surface area contributed by atoms with Crippen molar-refractivity contribution < 1.29 is 9.59 Å². The Hall–Kier alpha value is -1.55. The van der Waals surface area contributed by atoms with Crippen LogP contribution in [-0.2, 0) is 0 Å². The quantitative estimate of drug-likeness (QED) is 0.464. The molecule has 1 fully saturated rings. The third kappa shape index (κ3) is 5.78. The number of halogens is 4. The third-order valence-electron chi connectivity index (χ3n) is 4.49. The van der Waals surface area contributed by atoms with Gasteiger partial charge in [0.2, 0.25) is 5.96 Å². The monoisotopic (exact) mass is 511 g/mol. The maximum absolute atomic E-state index is 13.0. The Morgan fingerprint density at radius 3 is 2.30 bits per heavy atom. The molecule has 0 atom stereocenters. The second-order valence-electron chi connectivity index (χ2n) is 6.42. The van der Waals surface area contributed by atoms with Gasteiger partial charge in [-0.2, -0.15) is 4.90 Å². The summed E-state index contributed by atoms with van der Waals surface area (Å²) in [5.74, 6) is -1.27. The minimum Gasteiger partial charge on any atom is -0.369 e. The summed E-state index contributed by atoms with van der Waals surface area (Å²) in [5, 5.41) is 7.76. The van der Waals surface area contributed by atoms with Gasteiger partial charge in [0.15, 0.2) is 0 Å². The lowest BCUT2D eigenvalue weighted by atomic mass is 10.1. The van der Waals surface area contributed by atoms with E-state index in [1.807, 2.05) is 7.05 Å². The van der Waals surface area contributed by atoms with Crippen molar-refractivity contribution >= 4 is 77.3 Å². The van der Waals surface area contributed by atoms with Gasteiger partial charge in [-0.3, -0.25) is 10.2 Å². The number of guanidine groups is 1. The molecular weight excluding hydrogens is 492 g/mol. The summed E-state index contributed by atoms with van der Waals surface area (Å²) in [4.78, 5) is 30.1. The average Bonchev–Trinajstić information content (AvgIpc) is 3.00. The predicted molar refractivity (Wildman–Crippen MR) is 127 cm³/mol. The van der Waals surface area contributed by atoms with E-state index in [1.165, 1.54) is 16.2 Å². The first-order chi connectivity index (χ1) is 13.3. The highest BCUT2D eigenvalue weighted by molar-refractivity contribution is 7.20. The Kier molecular flexibility index (Phi) is 9.87. The number of amides is 3. The molecule has 0 unspecified atom stereocenters. The summed E-state index contributed by atoms with van der Waals surface area (Å²) in [6.07, 6.45) is 0. The molecule has 2 heterocycles. The van der Waals surface area contributed by atoms with Crippen LogP contribution >= 0.6 is 59.4 Å². The lowest BCUT2D eigenvalue weighted by Crippen LogP contribution is -2.56. The number of benzene rings is 1. The van der Waals surface area contributed by atoms with Gasteiger partial charge in [-0.05, 0) is 30.8 Å². The summed E-state index contributed by atoms with van der Waals surface area (Å²) < 4.78 is 1.04. The van der Waals surface area contributed by atoms with Crippen LogP contribution in [0.4, 0.5) is 4.79 Å². The van der Waals surface area contributed by atoms with E-state index in [0.717, 1.165) is 0 Å². The highest BCUT2D eigenvalue weighted by Crippen LogP contribution is 2.38. The molecular formula is C18H21Cl4N5O2S. The molecule has 3 rings (SSSR count). The number of carbonyl (C=O) groups excluding carboxylic acids is 2. The molecule has 1 aliphatic rings. The number of nitrogens with zero attached hydrogens (tertiary/aromatic N) is 3. The highest BCUT2D eigenvalue weighted by atomic mass is 35.5. The maximum atomic E-state index is 13.0. The number of nitrogens with one attached hydrogen (secondary N) is 1. The molecule has 30 heavy (non-hydrogen) atoms. The van der Waals surface area contributed by atoms with E-state index in [-0.39, 0.29) is 30.4 Å². The number of rotatable bonds is 2. The average molecular weight is 513 g/mol. The number of nitrogens with two attached hydrogens (primary N) is 1. The SMILES string of the molecule is CN1CCN(C(=O)N(C(=N)N)C(=O)c2cccc(-c3cc(Cl)sc3Cl)c2)CC1.Cl.Cl. The van der Waals surface area contributed by atoms with Gasteiger partial charge in [0.05, 0.1) is 4.34 Å². The van der Waals surface area contributed by atoms with Crippen LogP contribution in [0.3, 0.4) is 0 Å². The summed E-state index contributed by atoms with van der Waals surface area (Å²) in [6, 6.07) is 7.79. The molecule has 0 radical (unpaired) electrons. The van der Waals surface area contributed by atoms with Crippen molar-refractivity contribution in [3.8, 4) is 11.1 Å². The molecule has 2 aromatic rings. The van der Waals surface area contributed by atoms with Crippen molar-refractivity contribution in [1.82, 2.24) is 14.7 Å². The lowest BCUT2D eigenvalue weighted by molar-refractivity contribution is 0.0820. The van der Waals surface area contributed by atoms with E-state index < -0.39 is 17.9 Å². The normalized spacial score (nSPS) is 13.8. The summed E-state index contributed by atoms with van der Waals surface area (Å²) >= 11 is 13.4. The van der Waals surface area contributed by atoms with E-state index in [0.29, 0.717) is 50.9 Å². The Morgan fingerprint density at radius 2 is 1.77 bits per heavy atom. The van der Waals surface area contributed by atoms with Crippen LogP contribution < -0.4 is 5.73 Å². The van der Waals surface area contributed by atoms with E-state index in [1.54, 1.807) is 30.3 Å². The number of piperazine rings is 1. The maximum Gasteiger partial charge on any atom is 0.334 e. The number of urea groups is 1. The molecule has 0 spiro atoms. The van der Waals surface area contributed by atoms with Gasteiger partial charge in [0, 0.05) is 37.3 Å². The minimum atomic E-state index is -0.657. The smallest absolute Gasteiger partial charge is 0.334 e. The minimum absolute atomic E-state index is 0. The van der Waals surface area contributed by atoms with E-state index in [2.05, 4.69) is 4.90 Å². The van der Waals surface area contributed by atoms with Crippen molar-refractivity contribution in [1.29, 1.82) is 5.41 Å². The molecule has 1 aromatic carbocycles. The number of hydrogen-bond donors (Lipinski definition) is 2. The highest BCUT2D eigenvalue weighted by Gasteiger charge is 2.31. The zero-order valence-corrected chi connectivity index (χ0v) is 19.9. The number of likely N-dealkylation sites (N-methyl/N-ethyl adjacent to an activating group) is 1. The third-order valence-corrected chi connectivity index (χ3v) is 5.97. The molecule has 1 saturated heterocycles. The van der Waals surface area contributed by atoms with Gasteiger partial charge in [-0.1, -0.05) is 35.3 Å². The predicted octanol–water partition coefficient (Wildman–Crippen LogP) is 4.27. The second-order valence-corrected chi connectivity index (χ2v) is 8.70. The fourth-order valence-electron chi connectivity index (χ4n) is 2.92. The molecule has 0 saturated carbocycles. The largest absolute Gasteiger partial charge is 0.369 e. The van der Waals surface area contributed by atoms with Crippen LogP contribution in [0.15, 0.2) is 30.3 Å². The van der Waals surface area contributed by atoms with Crippen LogP contribution in [0.5, 0.6) is 0 Å². The van der Waals surface area contributed by atoms with E-state index in [9.17, 15) is 9.59 Å². The number of imide groups is 1. The van der Waals surface area contributed by atoms with Crippen LogP contribution in [0.2, 0.25) is 8.67 Å². The summed E-state index contributed by atoms with van der Waals surface area (Å²) in [6.45, 7) is 2.32. The van der Waals surface area contributed by atoms with E-state index >= 15 is 0 Å². The molecule has 164 valence electrons. The van der Waals surface area contributed by atoms with Crippen molar-refractivity contribution in [2.45, 2.75) is 0 Å². The zero-order chi connectivity index (χ0) is 20.4. The molecule has 1 aliphatic heterocycles. The standard InChI is InChI=1S/C18H19Cl2N5O2S.2ClH/c1-23-5-7-24(8-6-23)18(27)25(17(21)22)16(26)12-4-2-3-11(9-12)13-10-14(19)28-15(13)20;;/h2-4,9-10H,5-8H2,1H3,(H3,21,22);2*1H. The molecule has 7 nitrogen and oxygen atoms in total. The van der Waals surface area contributed by atoms with Gasteiger partial charge in [-0.25, -0.2) is 4.79 Å². The second kappa shape index (κ2) is 11.2. The Morgan fingerprint density at radius 1 is 1.13 bits per heavy atom. The number of thiophene rings is 1. The Bertz CT molecular complexity index is 931. The number of carbonyl (C=O) groups is 2. The Labute approximate surface area is 201 Å². The molecule has 1 aromatic heterocycles. The van der Waals surface area contributed by atoms with E-state index in [4.69, 9.17) is 34.3 Å². The van der Waals surface area contributed by atoms with Crippen LogP contribution in [-0.4, -0.2) is 65.8 Å². The van der Waals surface area contributed by atoms with Gasteiger partial charge in [0.25, 0.3) is 5.91 Å². The first-order valence-electron chi connectivity index (χ1n) is 8.49. The van der Waals surface area contributed by atoms with Crippen molar-refractivity contribution in [3.05, 3.63) is 44.6 Å². The van der Waals surface area contributed by atoms with Crippen LogP contribution in [0.25, 0.3) is 11.1 Å². The van der Waals surface area contributed by atoms with Gasteiger partial charge >= 0.3 is 6.03 Å². The van der Waals surface area contributed by atoms with Crippen LogP contribution in [0, 0.1) is 5.41 Å². The molecule has 0 bridgehead atoms. The zero-order valence-electron chi connectivity index (χ0n) is 15.9. The molecule has 3 N–H and O–H groups in total. The van der Waals surface area contributed by atoms with Crippen LogP contribution in [0.1, 0.15) is 10.4 Å². The van der Waals surface area contributed by atoms with Gasteiger partial charge in [-0.15, -0.1) is 36.2 Å². The van der Waals surface area contributed by atoms with Crippen molar-refractivity contribution in [2.24, 2.45) is 5.73 Å². The fourth-order valence-corrected chi connectivity index (χ4v) is 4.43. The first kappa shape index (κ1) is 26.5. The number of hydrogen-bond acceptors (Lipinski definition) is 5. The molecule has 12 heteroatoms. The molecule has 0 aliphatic carbocycles. The Balaban J connectivity index is 0.00000225. The van der Waals surface area contributed by atoms with Crippen molar-refractivity contribution in [2.75, 3.05) is 33.2 Å². The lowest BCUT2D eigenvalue weighted by Gasteiger charge is -2.34. The van der Waals surface area contributed by atoms with Gasteiger partial charge < -0.3 is 15.5 Å². The summed E-state index contributed by atoms with van der Waals surface area (Å²) in [5.41, 5.74) is 7.20. The van der Waals surface area contributed by atoms with Gasteiger partial charge in [0.1, 0.15) is 4.34 Å². The topological polar surface area (TPSA) is 93.7 Å². The first-order valence-corrected chi connectivity index (χ1v) is 10.1. The summed E-state index contributed by atoms with van der Waals surface area (Å²) in [7, 11) is 1.96.